The minimum absolute atomic E-state index is 0.121. The molecule has 0 radical (unpaired) electrons. The van der Waals surface area contributed by atoms with E-state index in [-0.39, 0.29) is 11.9 Å². The maximum atomic E-state index is 12.5. The summed E-state index contributed by atoms with van der Waals surface area (Å²) in [5.41, 5.74) is 4.44. The molecular formula is C24H27N3O3. The van der Waals surface area contributed by atoms with E-state index < -0.39 is 0 Å². The number of aryl methyl sites for hydroxylation is 2. The van der Waals surface area contributed by atoms with Crippen molar-refractivity contribution in [1.82, 2.24) is 15.0 Å². The number of hydrogen-bond donors (Lipinski definition) is 0. The minimum atomic E-state index is -0.187. The number of carbonyl (C=O) groups excluding carboxylic acids is 1. The smallest absolute Gasteiger partial charge is 0.249 e. The van der Waals surface area contributed by atoms with Crippen LogP contribution in [0.3, 0.4) is 0 Å². The lowest BCUT2D eigenvalue weighted by molar-refractivity contribution is -0.129. The van der Waals surface area contributed by atoms with Crippen LogP contribution in [0.1, 0.15) is 54.8 Å². The van der Waals surface area contributed by atoms with E-state index in [1.54, 1.807) is 0 Å². The molecule has 0 N–H and O–H groups in total. The Morgan fingerprint density at radius 1 is 1.13 bits per heavy atom. The second-order valence-electron chi connectivity index (χ2n) is 7.82. The fraction of sp³-hybridized carbons (Fsp3) is 0.375. The van der Waals surface area contributed by atoms with Gasteiger partial charge in [0.15, 0.2) is 0 Å². The van der Waals surface area contributed by atoms with Crippen LogP contribution in [0.2, 0.25) is 0 Å². The largest absolute Gasteiger partial charge is 0.494 e. The Bertz CT molecular complexity index is 1030. The Kier molecular flexibility index (Phi) is 5.84. The molecule has 1 fully saturated rings. The van der Waals surface area contributed by atoms with Crippen molar-refractivity contribution in [3.63, 3.8) is 0 Å². The predicted molar refractivity (Wildman–Crippen MR) is 114 cm³/mol. The van der Waals surface area contributed by atoms with Gasteiger partial charge < -0.3 is 14.2 Å². The molecule has 156 valence electrons. The summed E-state index contributed by atoms with van der Waals surface area (Å²) in [6, 6.07) is 13.8. The van der Waals surface area contributed by atoms with Gasteiger partial charge in [0.05, 0.1) is 6.61 Å². The predicted octanol–water partition coefficient (Wildman–Crippen LogP) is 5.01. The normalized spacial score (nSPS) is 16.3. The second kappa shape index (κ2) is 8.69. The molecule has 3 aromatic rings. The second-order valence-corrected chi connectivity index (χ2v) is 7.82. The Morgan fingerprint density at radius 3 is 2.67 bits per heavy atom. The number of amides is 1. The summed E-state index contributed by atoms with van der Waals surface area (Å²) in [6.45, 7) is 7.49. The van der Waals surface area contributed by atoms with Gasteiger partial charge in [-0.25, -0.2) is 0 Å². The molecule has 1 saturated heterocycles. The van der Waals surface area contributed by atoms with Crippen molar-refractivity contribution < 1.29 is 14.1 Å². The Hall–Kier alpha value is -3.15. The molecule has 1 aliphatic rings. The number of ether oxygens (including phenoxy) is 1. The van der Waals surface area contributed by atoms with Crippen LogP contribution in [0.4, 0.5) is 0 Å². The number of nitrogens with zero attached hydrogens (tertiary/aromatic N) is 3. The monoisotopic (exact) mass is 405 g/mol. The van der Waals surface area contributed by atoms with Crippen molar-refractivity contribution in [3.8, 4) is 17.1 Å². The third-order valence-electron chi connectivity index (χ3n) is 5.56. The Labute approximate surface area is 176 Å². The van der Waals surface area contributed by atoms with Crippen LogP contribution in [0.5, 0.6) is 5.75 Å². The van der Waals surface area contributed by atoms with Crippen LogP contribution >= 0.6 is 0 Å². The number of carbonyl (C=O) groups is 1. The first-order valence-electron chi connectivity index (χ1n) is 10.5. The lowest BCUT2D eigenvalue weighted by atomic mass is 10.1. The molecule has 30 heavy (non-hydrogen) atoms. The average molecular weight is 405 g/mol. The summed E-state index contributed by atoms with van der Waals surface area (Å²) in [6.07, 6.45) is 2.15. The van der Waals surface area contributed by atoms with Gasteiger partial charge in [-0.3, -0.25) is 4.79 Å². The van der Waals surface area contributed by atoms with Gasteiger partial charge in [-0.1, -0.05) is 30.3 Å². The number of benzene rings is 2. The maximum Gasteiger partial charge on any atom is 0.249 e. The molecule has 1 aliphatic heterocycles. The zero-order valence-corrected chi connectivity index (χ0v) is 17.7. The summed E-state index contributed by atoms with van der Waals surface area (Å²) in [5, 5.41) is 4.15. The van der Waals surface area contributed by atoms with Crippen LogP contribution < -0.4 is 4.74 Å². The van der Waals surface area contributed by atoms with E-state index in [0.29, 0.717) is 37.7 Å². The third kappa shape index (κ3) is 4.22. The molecule has 1 atom stereocenters. The molecule has 1 unspecified atom stereocenters. The summed E-state index contributed by atoms with van der Waals surface area (Å²) < 4.78 is 11.2. The van der Waals surface area contributed by atoms with E-state index in [4.69, 9.17) is 9.26 Å². The molecule has 0 saturated carbocycles. The van der Waals surface area contributed by atoms with Crippen LogP contribution in [0.15, 0.2) is 47.0 Å². The molecule has 0 spiro atoms. The van der Waals surface area contributed by atoms with Crippen molar-refractivity contribution >= 4 is 5.91 Å². The first-order chi connectivity index (χ1) is 14.5. The van der Waals surface area contributed by atoms with E-state index >= 15 is 0 Å². The zero-order valence-electron chi connectivity index (χ0n) is 17.7. The lowest BCUT2D eigenvalue weighted by Crippen LogP contribution is -2.27. The van der Waals surface area contributed by atoms with Crippen LogP contribution in [-0.2, 0) is 11.3 Å². The van der Waals surface area contributed by atoms with E-state index in [9.17, 15) is 4.79 Å². The van der Waals surface area contributed by atoms with Crippen molar-refractivity contribution in [3.05, 3.63) is 65.0 Å². The molecule has 0 aliphatic carbocycles. The Morgan fingerprint density at radius 2 is 1.93 bits per heavy atom. The molecule has 0 bridgehead atoms. The van der Waals surface area contributed by atoms with Gasteiger partial charge in [0, 0.05) is 18.5 Å². The molecule has 4 rings (SSSR count). The fourth-order valence-corrected chi connectivity index (χ4v) is 3.70. The van der Waals surface area contributed by atoms with E-state index in [1.165, 1.54) is 11.1 Å². The molecule has 2 heterocycles. The van der Waals surface area contributed by atoms with Gasteiger partial charge in [-0.15, -0.1) is 0 Å². The molecular weight excluding hydrogens is 378 g/mol. The highest BCUT2D eigenvalue weighted by Crippen LogP contribution is 2.34. The minimum Gasteiger partial charge on any atom is -0.494 e. The number of hydrogen-bond acceptors (Lipinski definition) is 5. The highest BCUT2D eigenvalue weighted by molar-refractivity contribution is 5.78. The van der Waals surface area contributed by atoms with Gasteiger partial charge in [0.2, 0.25) is 17.6 Å². The Balaban J connectivity index is 1.51. The highest BCUT2D eigenvalue weighted by atomic mass is 16.5. The molecule has 1 aromatic heterocycles. The summed E-state index contributed by atoms with van der Waals surface area (Å²) >= 11 is 0. The molecule has 6 heteroatoms. The van der Waals surface area contributed by atoms with Gasteiger partial charge >= 0.3 is 0 Å². The van der Waals surface area contributed by atoms with Crippen molar-refractivity contribution in [2.45, 2.75) is 52.6 Å². The van der Waals surface area contributed by atoms with Crippen LogP contribution in [-0.4, -0.2) is 27.6 Å². The molecule has 2 aromatic carbocycles. The lowest BCUT2D eigenvalue weighted by Gasteiger charge is -2.22. The number of likely N-dealkylation sites (tertiary alicyclic amines) is 1. The first kappa shape index (κ1) is 20.1. The van der Waals surface area contributed by atoms with E-state index in [2.05, 4.69) is 49.1 Å². The number of rotatable bonds is 7. The van der Waals surface area contributed by atoms with Gasteiger partial charge in [0.1, 0.15) is 11.8 Å². The van der Waals surface area contributed by atoms with E-state index in [1.807, 2.05) is 29.2 Å². The third-order valence-corrected chi connectivity index (χ3v) is 5.56. The van der Waals surface area contributed by atoms with E-state index in [0.717, 1.165) is 23.3 Å². The fourth-order valence-electron chi connectivity index (χ4n) is 3.70. The van der Waals surface area contributed by atoms with Crippen LogP contribution in [0, 0.1) is 13.8 Å². The molecule has 6 nitrogen and oxygen atoms in total. The van der Waals surface area contributed by atoms with Gasteiger partial charge in [-0.2, -0.15) is 4.98 Å². The SMILES string of the molecule is CCCOc1ccc(-c2noc(C3CCC(=O)N3Cc3ccc(C)c(C)c3)n2)cc1. The standard InChI is InChI=1S/C24H27N3O3/c1-4-13-29-20-9-7-19(8-10-20)23-25-24(30-26-23)21-11-12-22(28)27(21)15-18-6-5-16(2)17(3)14-18/h5-10,14,21H,4,11-13,15H2,1-3H3. The average Bonchev–Trinajstić information content (AvgIpc) is 3.37. The first-order valence-corrected chi connectivity index (χ1v) is 10.5. The van der Waals surface area contributed by atoms with Crippen molar-refractivity contribution in [2.75, 3.05) is 6.61 Å². The topological polar surface area (TPSA) is 68.5 Å². The summed E-state index contributed by atoms with van der Waals surface area (Å²) in [7, 11) is 0. The van der Waals surface area contributed by atoms with Crippen LogP contribution in [0.25, 0.3) is 11.4 Å². The number of aromatic nitrogens is 2. The summed E-state index contributed by atoms with van der Waals surface area (Å²) in [5.74, 6) is 1.96. The molecule has 1 amide bonds. The zero-order chi connectivity index (χ0) is 21.1. The van der Waals surface area contributed by atoms with Crippen molar-refractivity contribution in [2.24, 2.45) is 0 Å². The van der Waals surface area contributed by atoms with Crippen molar-refractivity contribution in [1.29, 1.82) is 0 Å². The maximum absolute atomic E-state index is 12.5. The van der Waals surface area contributed by atoms with Gasteiger partial charge in [-0.05, 0) is 67.6 Å². The van der Waals surface area contributed by atoms with Gasteiger partial charge in [0.25, 0.3) is 0 Å². The quantitative estimate of drug-likeness (QED) is 0.553. The highest BCUT2D eigenvalue weighted by Gasteiger charge is 2.36. The summed E-state index contributed by atoms with van der Waals surface area (Å²) in [4.78, 5) is 19.0.